The fourth-order valence-electron chi connectivity index (χ4n) is 0.702. The van der Waals surface area contributed by atoms with Crippen molar-refractivity contribution in [3.05, 3.63) is 21.9 Å². The Morgan fingerprint density at radius 2 is 2.09 bits per heavy atom. The molecule has 0 aromatic heterocycles. The fraction of sp³-hybridized carbons (Fsp3) is 0.444. The van der Waals surface area contributed by atoms with Crippen LogP contribution < -0.4 is 0 Å². The van der Waals surface area contributed by atoms with Crippen molar-refractivity contribution in [3.8, 4) is 0 Å². The second kappa shape index (κ2) is 5.52. The predicted octanol–water partition coefficient (Wildman–Crippen LogP) is 3.57. The van der Waals surface area contributed by atoms with Crippen LogP contribution in [0.3, 0.4) is 0 Å². The lowest BCUT2D eigenvalue weighted by atomic mass is 10.1. The molecular formula is C9H14IN. The van der Waals surface area contributed by atoms with Gasteiger partial charge in [-0.2, -0.15) is 0 Å². The minimum absolute atomic E-state index is 0.541. The van der Waals surface area contributed by atoms with Crippen molar-refractivity contribution >= 4 is 28.8 Å². The average Bonchev–Trinajstić information content (AvgIpc) is 1.87. The van der Waals surface area contributed by atoms with Crippen LogP contribution in [0.4, 0.5) is 0 Å². The van der Waals surface area contributed by atoms with Crippen LogP contribution in [-0.2, 0) is 0 Å². The number of hydrogen-bond acceptors (Lipinski definition) is 1. The highest BCUT2D eigenvalue weighted by Gasteiger charge is 1.96. The lowest BCUT2D eigenvalue weighted by molar-refractivity contribution is 0.805. The van der Waals surface area contributed by atoms with Gasteiger partial charge in [0.1, 0.15) is 0 Å². The third-order valence-electron chi connectivity index (χ3n) is 1.35. The molecule has 0 aromatic rings. The molecule has 0 heterocycles. The molecule has 0 radical (unpaired) electrons. The number of allylic oxidation sites excluding steroid dienone is 2. The zero-order chi connectivity index (χ0) is 8.85. The Balaban J connectivity index is 4.22. The van der Waals surface area contributed by atoms with Gasteiger partial charge in [-0.15, -0.1) is 0 Å². The number of hydrogen-bond donors (Lipinski definition) is 0. The molecule has 0 amide bonds. The van der Waals surface area contributed by atoms with Crippen LogP contribution in [-0.4, -0.2) is 6.21 Å². The van der Waals surface area contributed by atoms with E-state index in [9.17, 15) is 0 Å². The van der Waals surface area contributed by atoms with E-state index in [1.165, 1.54) is 5.57 Å². The first-order valence-electron chi connectivity index (χ1n) is 3.62. The van der Waals surface area contributed by atoms with E-state index < -0.39 is 0 Å². The van der Waals surface area contributed by atoms with Gasteiger partial charge in [-0.25, -0.2) is 0 Å². The molecule has 0 rings (SSSR count). The van der Waals surface area contributed by atoms with Crippen LogP contribution >= 0.6 is 22.6 Å². The first kappa shape index (κ1) is 10.9. The molecule has 11 heavy (non-hydrogen) atoms. The van der Waals surface area contributed by atoms with Crippen molar-refractivity contribution in [3.63, 3.8) is 0 Å². The Morgan fingerprint density at radius 1 is 1.55 bits per heavy atom. The summed E-state index contributed by atoms with van der Waals surface area (Å²) in [5, 5.41) is 0. The van der Waals surface area contributed by atoms with E-state index >= 15 is 0 Å². The predicted molar refractivity (Wildman–Crippen MR) is 60.2 cm³/mol. The van der Waals surface area contributed by atoms with Crippen molar-refractivity contribution in [1.29, 1.82) is 0 Å². The Bertz CT molecular complexity index is 190. The molecule has 0 saturated heterocycles. The highest BCUT2D eigenvalue weighted by molar-refractivity contribution is 14.1. The van der Waals surface area contributed by atoms with Crippen molar-refractivity contribution in [2.24, 2.45) is 10.9 Å². The maximum atomic E-state index is 4.12. The number of nitrogens with zero attached hydrogens (tertiary/aromatic N) is 1. The molecule has 62 valence electrons. The Kier molecular flexibility index (Phi) is 5.46. The molecule has 0 aliphatic carbocycles. The zero-order valence-electron chi connectivity index (χ0n) is 7.26. The van der Waals surface area contributed by atoms with E-state index in [4.69, 9.17) is 0 Å². The van der Waals surface area contributed by atoms with Crippen molar-refractivity contribution in [2.45, 2.75) is 20.8 Å². The minimum atomic E-state index is 0.541. The number of halogens is 1. The smallest absolute Gasteiger partial charge is 0.0937 e. The summed E-state index contributed by atoms with van der Waals surface area (Å²) in [4.78, 5) is 4.12. The second-order valence-corrected chi connectivity index (χ2v) is 3.82. The van der Waals surface area contributed by atoms with Gasteiger partial charge in [-0.1, -0.05) is 26.5 Å². The highest BCUT2D eigenvalue weighted by atomic mass is 127. The molecule has 1 nitrogen and oxygen atoms in total. The summed E-state index contributed by atoms with van der Waals surface area (Å²) < 4.78 is 0.822. The first-order valence-corrected chi connectivity index (χ1v) is 4.70. The number of rotatable bonds is 3. The highest BCUT2D eigenvalue weighted by Crippen LogP contribution is 2.09. The van der Waals surface area contributed by atoms with Gasteiger partial charge >= 0.3 is 0 Å². The lowest BCUT2D eigenvalue weighted by Crippen LogP contribution is -1.94. The largest absolute Gasteiger partial charge is 0.251 e. The monoisotopic (exact) mass is 263 g/mol. The van der Waals surface area contributed by atoms with Crippen LogP contribution in [0.5, 0.6) is 0 Å². The first-order chi connectivity index (χ1) is 5.07. The molecule has 0 saturated carbocycles. The summed E-state index contributed by atoms with van der Waals surface area (Å²) in [7, 11) is 0. The average molecular weight is 263 g/mol. The Labute approximate surface area is 82.4 Å². The van der Waals surface area contributed by atoms with Gasteiger partial charge in [0.25, 0.3) is 0 Å². The van der Waals surface area contributed by atoms with Crippen molar-refractivity contribution < 1.29 is 0 Å². The minimum Gasteiger partial charge on any atom is -0.251 e. The quantitative estimate of drug-likeness (QED) is 0.419. The van der Waals surface area contributed by atoms with Gasteiger partial charge in [-0.3, -0.25) is 4.99 Å². The SMILES string of the molecule is C=C(I)N=C/C(=C\C)C(C)C. The van der Waals surface area contributed by atoms with E-state index in [2.05, 4.69) is 54.1 Å². The van der Waals surface area contributed by atoms with Crippen LogP contribution in [0, 0.1) is 5.92 Å². The maximum Gasteiger partial charge on any atom is 0.0937 e. The van der Waals surface area contributed by atoms with Crippen LogP contribution in [0.2, 0.25) is 0 Å². The standard InChI is InChI=1S/C9H14IN/c1-5-9(7(2)3)6-11-8(4)10/h5-7H,4H2,1-3H3/b9-5+,11-6?. The maximum absolute atomic E-state index is 4.12. The fourth-order valence-corrected chi connectivity index (χ4v) is 0.841. The van der Waals surface area contributed by atoms with Crippen LogP contribution in [0.15, 0.2) is 26.9 Å². The molecule has 0 aliphatic heterocycles. The summed E-state index contributed by atoms with van der Waals surface area (Å²) in [5.74, 6) is 0.541. The summed E-state index contributed by atoms with van der Waals surface area (Å²) in [5.41, 5.74) is 1.25. The molecule has 0 aliphatic rings. The van der Waals surface area contributed by atoms with Crippen LogP contribution in [0.25, 0.3) is 0 Å². The summed E-state index contributed by atoms with van der Waals surface area (Å²) >= 11 is 2.10. The molecule has 2 heteroatoms. The molecule has 0 fully saturated rings. The molecular weight excluding hydrogens is 249 g/mol. The molecule has 0 spiro atoms. The topological polar surface area (TPSA) is 12.4 Å². The van der Waals surface area contributed by atoms with E-state index in [-0.39, 0.29) is 0 Å². The van der Waals surface area contributed by atoms with Crippen LogP contribution in [0.1, 0.15) is 20.8 Å². The van der Waals surface area contributed by atoms with E-state index in [0.717, 1.165) is 3.70 Å². The molecule has 0 aromatic carbocycles. The zero-order valence-corrected chi connectivity index (χ0v) is 9.42. The summed E-state index contributed by atoms with van der Waals surface area (Å²) in [6.45, 7) is 10.0. The second-order valence-electron chi connectivity index (χ2n) is 2.58. The van der Waals surface area contributed by atoms with Gasteiger partial charge in [0, 0.05) is 6.21 Å². The van der Waals surface area contributed by atoms with Gasteiger partial charge in [0.2, 0.25) is 0 Å². The number of aliphatic imine (C=N–C) groups is 1. The summed E-state index contributed by atoms with van der Waals surface area (Å²) in [6, 6.07) is 0. The summed E-state index contributed by atoms with van der Waals surface area (Å²) in [6.07, 6.45) is 3.95. The van der Waals surface area contributed by atoms with Gasteiger partial charge in [-0.05, 0) is 41.0 Å². The third kappa shape index (κ3) is 5.18. The Hall–Kier alpha value is -0.120. The molecule has 0 unspecified atom stereocenters. The van der Waals surface area contributed by atoms with Crippen molar-refractivity contribution in [2.75, 3.05) is 0 Å². The van der Waals surface area contributed by atoms with E-state index in [0.29, 0.717) is 5.92 Å². The van der Waals surface area contributed by atoms with Gasteiger partial charge in [0.15, 0.2) is 0 Å². The lowest BCUT2D eigenvalue weighted by Gasteiger charge is -2.02. The molecule has 0 bridgehead atoms. The molecule has 0 atom stereocenters. The van der Waals surface area contributed by atoms with Gasteiger partial charge < -0.3 is 0 Å². The van der Waals surface area contributed by atoms with E-state index in [1.54, 1.807) is 0 Å². The normalized spacial score (nSPS) is 13.0. The molecule has 0 N–H and O–H groups in total. The van der Waals surface area contributed by atoms with E-state index in [1.807, 2.05) is 13.1 Å². The third-order valence-corrected chi connectivity index (χ3v) is 1.63. The Morgan fingerprint density at radius 3 is 2.36 bits per heavy atom. The van der Waals surface area contributed by atoms with Crippen molar-refractivity contribution in [1.82, 2.24) is 0 Å². The van der Waals surface area contributed by atoms with Gasteiger partial charge in [0.05, 0.1) is 3.70 Å².